The number of piperazine rings is 1. The molecule has 0 spiro atoms. The predicted octanol–water partition coefficient (Wildman–Crippen LogP) is -0.309. The zero-order chi connectivity index (χ0) is 17.4. The highest BCUT2D eigenvalue weighted by atomic mass is 16.3. The zero-order valence-electron chi connectivity index (χ0n) is 14.3. The lowest BCUT2D eigenvalue weighted by Gasteiger charge is -2.33. The van der Waals surface area contributed by atoms with E-state index in [4.69, 9.17) is 5.11 Å². The van der Waals surface area contributed by atoms with E-state index in [0.29, 0.717) is 17.7 Å². The maximum absolute atomic E-state index is 12.5. The molecule has 0 saturated carbocycles. The first-order chi connectivity index (χ1) is 12.2. The van der Waals surface area contributed by atoms with Crippen molar-refractivity contribution in [3.05, 3.63) is 40.4 Å². The van der Waals surface area contributed by atoms with E-state index in [1.54, 1.807) is 11.6 Å². The number of rotatable bonds is 4. The molecule has 0 unspecified atom stereocenters. The molecule has 0 atom stereocenters. The number of nitrogens with zero attached hydrogens (tertiary/aromatic N) is 6. The Kier molecular flexibility index (Phi) is 4.24. The highest BCUT2D eigenvalue weighted by molar-refractivity contribution is 5.80. The minimum absolute atomic E-state index is 0.0559. The van der Waals surface area contributed by atoms with Gasteiger partial charge in [-0.25, -0.2) is 0 Å². The summed E-state index contributed by atoms with van der Waals surface area (Å²) in [4.78, 5) is 17.1. The van der Waals surface area contributed by atoms with Gasteiger partial charge in [0.2, 0.25) is 5.78 Å². The fourth-order valence-electron chi connectivity index (χ4n) is 3.51. The summed E-state index contributed by atoms with van der Waals surface area (Å²) in [7, 11) is 1.73. The van der Waals surface area contributed by atoms with E-state index in [-0.39, 0.29) is 12.2 Å². The third kappa shape index (κ3) is 2.82. The van der Waals surface area contributed by atoms with Gasteiger partial charge in [0.05, 0.1) is 24.1 Å². The molecule has 0 amide bonds. The Hall–Kier alpha value is -2.29. The Balaban J connectivity index is 1.69. The standard InChI is InChI=1S/C17H22N6O2/c1-20-16(25)13-4-2-3-5-14(13)23-15(18-19-17(20)23)12-22-8-6-21(7-9-22)10-11-24/h2-5,24H,6-12H2,1H3. The Morgan fingerprint density at radius 2 is 1.80 bits per heavy atom. The first kappa shape index (κ1) is 16.2. The molecule has 4 rings (SSSR count). The molecule has 25 heavy (non-hydrogen) atoms. The van der Waals surface area contributed by atoms with Crippen molar-refractivity contribution in [3.8, 4) is 0 Å². The predicted molar refractivity (Wildman–Crippen MR) is 94.5 cm³/mol. The van der Waals surface area contributed by atoms with Crippen LogP contribution in [0.25, 0.3) is 16.7 Å². The minimum atomic E-state index is -0.0559. The van der Waals surface area contributed by atoms with Crippen molar-refractivity contribution in [3.63, 3.8) is 0 Å². The van der Waals surface area contributed by atoms with Gasteiger partial charge in [-0.3, -0.25) is 23.6 Å². The van der Waals surface area contributed by atoms with Crippen molar-refractivity contribution in [2.75, 3.05) is 39.3 Å². The Morgan fingerprint density at radius 3 is 2.56 bits per heavy atom. The van der Waals surface area contributed by atoms with Crippen LogP contribution < -0.4 is 5.56 Å². The topological polar surface area (TPSA) is 78.9 Å². The van der Waals surface area contributed by atoms with Crippen LogP contribution in [0.4, 0.5) is 0 Å². The lowest BCUT2D eigenvalue weighted by atomic mass is 10.2. The van der Waals surface area contributed by atoms with Gasteiger partial charge in [0.1, 0.15) is 0 Å². The summed E-state index contributed by atoms with van der Waals surface area (Å²) in [6.45, 7) is 5.36. The van der Waals surface area contributed by atoms with E-state index in [1.807, 2.05) is 28.7 Å². The Labute approximate surface area is 144 Å². The number of hydrogen-bond acceptors (Lipinski definition) is 6. The normalized spacial score (nSPS) is 16.9. The Morgan fingerprint density at radius 1 is 1.08 bits per heavy atom. The van der Waals surface area contributed by atoms with Gasteiger partial charge in [-0.2, -0.15) is 0 Å². The molecule has 8 nitrogen and oxygen atoms in total. The molecule has 1 saturated heterocycles. The molecule has 1 aliphatic heterocycles. The van der Waals surface area contributed by atoms with Crippen molar-refractivity contribution in [2.24, 2.45) is 7.05 Å². The summed E-state index contributed by atoms with van der Waals surface area (Å²) in [6, 6.07) is 7.59. The van der Waals surface area contributed by atoms with E-state index >= 15 is 0 Å². The number of aliphatic hydroxyl groups is 1. The van der Waals surface area contributed by atoms with Crippen molar-refractivity contribution in [1.29, 1.82) is 0 Å². The average molecular weight is 342 g/mol. The van der Waals surface area contributed by atoms with Gasteiger partial charge in [-0.15, -0.1) is 10.2 Å². The second-order valence-corrected chi connectivity index (χ2v) is 6.47. The molecular weight excluding hydrogens is 320 g/mol. The van der Waals surface area contributed by atoms with Crippen LogP contribution in [0.5, 0.6) is 0 Å². The number of fused-ring (bicyclic) bond motifs is 3. The molecule has 1 aromatic carbocycles. The van der Waals surface area contributed by atoms with Gasteiger partial charge in [0.25, 0.3) is 5.56 Å². The number of aryl methyl sites for hydroxylation is 1. The highest BCUT2D eigenvalue weighted by Gasteiger charge is 2.20. The molecule has 3 aromatic rings. The largest absolute Gasteiger partial charge is 0.395 e. The molecule has 1 fully saturated rings. The number of aliphatic hydroxyl groups excluding tert-OH is 1. The fraction of sp³-hybridized carbons (Fsp3) is 0.471. The summed E-state index contributed by atoms with van der Waals surface area (Å²) in [5.74, 6) is 1.41. The highest BCUT2D eigenvalue weighted by Crippen LogP contribution is 2.15. The summed E-state index contributed by atoms with van der Waals surface area (Å²) < 4.78 is 3.54. The van der Waals surface area contributed by atoms with E-state index in [9.17, 15) is 4.79 Å². The van der Waals surface area contributed by atoms with Crippen LogP contribution in [0.3, 0.4) is 0 Å². The number of aromatic nitrogens is 4. The monoisotopic (exact) mass is 342 g/mol. The zero-order valence-corrected chi connectivity index (χ0v) is 14.3. The molecule has 8 heteroatoms. The molecule has 1 N–H and O–H groups in total. The maximum atomic E-state index is 12.5. The van der Waals surface area contributed by atoms with Crippen molar-refractivity contribution in [1.82, 2.24) is 29.0 Å². The first-order valence-electron chi connectivity index (χ1n) is 8.56. The summed E-state index contributed by atoms with van der Waals surface area (Å²) in [5.41, 5.74) is 0.791. The second kappa shape index (κ2) is 6.55. The van der Waals surface area contributed by atoms with Gasteiger partial charge >= 0.3 is 0 Å². The molecule has 132 valence electrons. The molecule has 3 heterocycles. The molecule has 0 bridgehead atoms. The van der Waals surface area contributed by atoms with Gasteiger partial charge in [0, 0.05) is 39.8 Å². The van der Waals surface area contributed by atoms with Crippen LogP contribution in [0.15, 0.2) is 29.1 Å². The minimum Gasteiger partial charge on any atom is -0.395 e. The summed E-state index contributed by atoms with van der Waals surface area (Å²) in [6.07, 6.45) is 0. The van der Waals surface area contributed by atoms with Crippen LogP contribution in [-0.4, -0.2) is 73.4 Å². The fourth-order valence-corrected chi connectivity index (χ4v) is 3.51. The number of para-hydroxylation sites is 1. The van der Waals surface area contributed by atoms with Crippen LogP contribution >= 0.6 is 0 Å². The van der Waals surface area contributed by atoms with Gasteiger partial charge < -0.3 is 5.11 Å². The SMILES string of the molecule is Cn1c(=O)c2ccccc2n2c(CN3CCN(CCO)CC3)nnc12. The van der Waals surface area contributed by atoms with Crippen LogP contribution in [0.2, 0.25) is 0 Å². The molecular formula is C17H22N6O2. The molecule has 2 aromatic heterocycles. The van der Waals surface area contributed by atoms with Crippen LogP contribution in [0, 0.1) is 0 Å². The van der Waals surface area contributed by atoms with Crippen LogP contribution in [0.1, 0.15) is 5.82 Å². The van der Waals surface area contributed by atoms with E-state index in [0.717, 1.165) is 44.1 Å². The lowest BCUT2D eigenvalue weighted by molar-refractivity contribution is 0.106. The number of hydrogen-bond donors (Lipinski definition) is 1. The Bertz CT molecular complexity index is 955. The van der Waals surface area contributed by atoms with Crippen molar-refractivity contribution < 1.29 is 5.11 Å². The van der Waals surface area contributed by atoms with Gasteiger partial charge in [0.15, 0.2) is 5.82 Å². The van der Waals surface area contributed by atoms with E-state index in [2.05, 4.69) is 20.0 Å². The summed E-state index contributed by atoms with van der Waals surface area (Å²) >= 11 is 0. The number of benzene rings is 1. The third-order valence-electron chi connectivity index (χ3n) is 4.94. The maximum Gasteiger partial charge on any atom is 0.262 e. The van der Waals surface area contributed by atoms with Gasteiger partial charge in [-0.05, 0) is 12.1 Å². The quantitative estimate of drug-likeness (QED) is 0.701. The van der Waals surface area contributed by atoms with Gasteiger partial charge in [-0.1, -0.05) is 12.1 Å². The number of β-amino-alcohol motifs (C(OH)–C–C–N with tert-alkyl or cyclic N) is 1. The smallest absolute Gasteiger partial charge is 0.262 e. The van der Waals surface area contributed by atoms with Crippen molar-refractivity contribution >= 4 is 16.7 Å². The summed E-state index contributed by atoms with van der Waals surface area (Å²) in [5, 5.41) is 18.3. The molecule has 1 aliphatic rings. The third-order valence-corrected chi connectivity index (χ3v) is 4.94. The average Bonchev–Trinajstić information content (AvgIpc) is 3.05. The lowest BCUT2D eigenvalue weighted by Crippen LogP contribution is -2.46. The van der Waals surface area contributed by atoms with E-state index < -0.39 is 0 Å². The first-order valence-corrected chi connectivity index (χ1v) is 8.56. The van der Waals surface area contributed by atoms with E-state index in [1.165, 1.54) is 0 Å². The second-order valence-electron chi connectivity index (χ2n) is 6.47. The van der Waals surface area contributed by atoms with Crippen molar-refractivity contribution in [2.45, 2.75) is 6.54 Å². The molecule has 0 aliphatic carbocycles. The van der Waals surface area contributed by atoms with Crippen LogP contribution in [-0.2, 0) is 13.6 Å². The molecule has 0 radical (unpaired) electrons.